The molecular formula is C13H10ClN3. The normalized spacial score (nSPS) is 10.6. The lowest BCUT2D eigenvalue weighted by Gasteiger charge is -1.99. The van der Waals surface area contributed by atoms with Crippen LogP contribution in [0.4, 0.5) is 0 Å². The Labute approximate surface area is 104 Å². The molecule has 0 spiro atoms. The Morgan fingerprint density at radius 2 is 2.06 bits per heavy atom. The topological polar surface area (TPSA) is 51.9 Å². The summed E-state index contributed by atoms with van der Waals surface area (Å²) in [7, 11) is 1.69. The maximum Gasteiger partial charge on any atom is 0.101 e. The lowest BCUT2D eigenvalue weighted by Crippen LogP contribution is -1.82. The predicted octanol–water partition coefficient (Wildman–Crippen LogP) is 3.26. The summed E-state index contributed by atoms with van der Waals surface area (Å²) in [5.41, 5.74) is 3.14. The van der Waals surface area contributed by atoms with E-state index in [0.29, 0.717) is 10.6 Å². The number of hydrogen-bond acceptors (Lipinski definition) is 2. The molecule has 2 aromatic rings. The number of benzene rings is 1. The van der Waals surface area contributed by atoms with Gasteiger partial charge in [-0.15, -0.1) is 0 Å². The third-order valence-corrected chi connectivity index (χ3v) is 2.61. The molecule has 0 aliphatic rings. The molecule has 17 heavy (non-hydrogen) atoms. The molecule has 1 aromatic heterocycles. The van der Waals surface area contributed by atoms with Crippen molar-refractivity contribution in [3.63, 3.8) is 0 Å². The highest BCUT2D eigenvalue weighted by molar-refractivity contribution is 6.30. The first-order valence-corrected chi connectivity index (χ1v) is 5.43. The maximum atomic E-state index is 9.08. The van der Waals surface area contributed by atoms with Crippen molar-refractivity contribution in [3.05, 3.63) is 46.6 Å². The molecule has 0 amide bonds. The van der Waals surface area contributed by atoms with Gasteiger partial charge in [0.15, 0.2) is 0 Å². The van der Waals surface area contributed by atoms with Crippen LogP contribution in [0.15, 0.2) is 35.3 Å². The van der Waals surface area contributed by atoms with E-state index in [1.54, 1.807) is 31.5 Å². The van der Waals surface area contributed by atoms with Crippen LogP contribution in [0.3, 0.4) is 0 Å². The van der Waals surface area contributed by atoms with Crippen LogP contribution in [-0.2, 0) is 0 Å². The standard InChI is InChI=1S/C13H10ClN3/c1-16-8-12-6-10(7-15)13(17-12)9-2-4-11(14)5-3-9/h2-6,8,17H,1H3. The molecule has 1 N–H and O–H groups in total. The fourth-order valence-corrected chi connectivity index (χ4v) is 1.74. The van der Waals surface area contributed by atoms with Gasteiger partial charge < -0.3 is 4.98 Å². The van der Waals surface area contributed by atoms with E-state index in [-0.39, 0.29) is 0 Å². The Bertz CT molecular complexity index is 588. The highest BCUT2D eigenvalue weighted by Crippen LogP contribution is 2.24. The van der Waals surface area contributed by atoms with Gasteiger partial charge in [0, 0.05) is 18.3 Å². The highest BCUT2D eigenvalue weighted by atomic mass is 35.5. The lowest BCUT2D eigenvalue weighted by atomic mass is 10.1. The number of hydrogen-bond donors (Lipinski definition) is 1. The number of nitrogens with zero attached hydrogens (tertiary/aromatic N) is 2. The first kappa shape index (κ1) is 11.4. The zero-order valence-corrected chi connectivity index (χ0v) is 9.99. The Hall–Kier alpha value is -2.05. The Morgan fingerprint density at radius 3 is 2.65 bits per heavy atom. The predicted molar refractivity (Wildman–Crippen MR) is 69.5 cm³/mol. The summed E-state index contributed by atoms with van der Waals surface area (Å²) in [5.74, 6) is 0. The molecule has 1 heterocycles. The van der Waals surface area contributed by atoms with Crippen molar-refractivity contribution in [1.29, 1.82) is 5.26 Å². The lowest BCUT2D eigenvalue weighted by molar-refractivity contribution is 1.35. The van der Waals surface area contributed by atoms with Crippen molar-refractivity contribution >= 4 is 17.8 Å². The zero-order chi connectivity index (χ0) is 12.3. The van der Waals surface area contributed by atoms with E-state index in [9.17, 15) is 0 Å². The first-order valence-electron chi connectivity index (χ1n) is 5.06. The SMILES string of the molecule is CN=Cc1cc(C#N)c(-c2ccc(Cl)cc2)[nH]1. The van der Waals surface area contributed by atoms with E-state index < -0.39 is 0 Å². The van der Waals surface area contributed by atoms with Crippen LogP contribution in [0.2, 0.25) is 5.02 Å². The largest absolute Gasteiger partial charge is 0.353 e. The van der Waals surface area contributed by atoms with Gasteiger partial charge in [0.25, 0.3) is 0 Å². The van der Waals surface area contributed by atoms with Gasteiger partial charge in [-0.1, -0.05) is 23.7 Å². The molecule has 0 unspecified atom stereocenters. The third kappa shape index (κ3) is 2.38. The molecule has 0 aliphatic carbocycles. The molecule has 0 radical (unpaired) electrons. The second kappa shape index (κ2) is 4.86. The Kier molecular flexibility index (Phi) is 3.27. The molecule has 84 valence electrons. The first-order chi connectivity index (χ1) is 8.24. The second-order valence-corrected chi connectivity index (χ2v) is 3.96. The fraction of sp³-hybridized carbons (Fsp3) is 0.0769. The van der Waals surface area contributed by atoms with Crippen molar-refractivity contribution in [2.75, 3.05) is 7.05 Å². The van der Waals surface area contributed by atoms with Gasteiger partial charge in [-0.2, -0.15) is 5.26 Å². The number of nitrogens with one attached hydrogen (secondary N) is 1. The second-order valence-electron chi connectivity index (χ2n) is 3.52. The van der Waals surface area contributed by atoms with Crippen LogP contribution >= 0.6 is 11.6 Å². The van der Waals surface area contributed by atoms with Crippen molar-refractivity contribution in [2.45, 2.75) is 0 Å². The summed E-state index contributed by atoms with van der Waals surface area (Å²) in [6.07, 6.45) is 1.68. The summed E-state index contributed by atoms with van der Waals surface area (Å²) in [4.78, 5) is 7.07. The van der Waals surface area contributed by atoms with Crippen molar-refractivity contribution in [3.8, 4) is 17.3 Å². The third-order valence-electron chi connectivity index (χ3n) is 2.36. The number of aliphatic imine (C=N–C) groups is 1. The number of aromatic nitrogens is 1. The number of halogens is 1. The minimum atomic E-state index is 0.599. The van der Waals surface area contributed by atoms with E-state index >= 15 is 0 Å². The molecule has 0 atom stereocenters. The van der Waals surface area contributed by atoms with Crippen LogP contribution in [0.25, 0.3) is 11.3 Å². The molecule has 1 aromatic carbocycles. The quantitative estimate of drug-likeness (QED) is 0.809. The molecule has 0 saturated carbocycles. The minimum Gasteiger partial charge on any atom is -0.353 e. The summed E-state index contributed by atoms with van der Waals surface area (Å²) >= 11 is 5.83. The van der Waals surface area contributed by atoms with E-state index in [1.165, 1.54) is 0 Å². The molecule has 4 heteroatoms. The molecule has 0 bridgehead atoms. The average molecular weight is 244 g/mol. The molecule has 0 saturated heterocycles. The Balaban J connectivity index is 2.51. The smallest absolute Gasteiger partial charge is 0.101 e. The van der Waals surface area contributed by atoms with Crippen LogP contribution in [0, 0.1) is 11.3 Å². The van der Waals surface area contributed by atoms with Crippen LogP contribution in [-0.4, -0.2) is 18.2 Å². The Morgan fingerprint density at radius 1 is 1.35 bits per heavy atom. The zero-order valence-electron chi connectivity index (χ0n) is 9.24. The summed E-state index contributed by atoms with van der Waals surface area (Å²) in [6.45, 7) is 0. The summed E-state index contributed by atoms with van der Waals surface area (Å²) in [5, 5.41) is 9.75. The van der Waals surface area contributed by atoms with Crippen molar-refractivity contribution in [1.82, 2.24) is 4.98 Å². The van der Waals surface area contributed by atoms with E-state index in [4.69, 9.17) is 16.9 Å². The van der Waals surface area contributed by atoms with Crippen molar-refractivity contribution in [2.24, 2.45) is 4.99 Å². The average Bonchev–Trinajstić information content (AvgIpc) is 2.74. The van der Waals surface area contributed by atoms with E-state index in [1.807, 2.05) is 12.1 Å². The number of H-pyrrole nitrogens is 1. The van der Waals surface area contributed by atoms with E-state index in [2.05, 4.69) is 16.0 Å². The molecule has 3 nitrogen and oxygen atoms in total. The van der Waals surface area contributed by atoms with Gasteiger partial charge in [-0.3, -0.25) is 4.99 Å². The number of aromatic amines is 1. The van der Waals surface area contributed by atoms with Gasteiger partial charge in [-0.05, 0) is 23.8 Å². The molecule has 0 fully saturated rings. The van der Waals surface area contributed by atoms with E-state index in [0.717, 1.165) is 17.0 Å². The van der Waals surface area contributed by atoms with Gasteiger partial charge in [0.2, 0.25) is 0 Å². The number of nitriles is 1. The van der Waals surface area contributed by atoms with Gasteiger partial charge in [0.1, 0.15) is 6.07 Å². The fourth-order valence-electron chi connectivity index (χ4n) is 1.62. The van der Waals surface area contributed by atoms with Gasteiger partial charge in [0.05, 0.1) is 17.0 Å². The summed E-state index contributed by atoms with van der Waals surface area (Å²) in [6, 6.07) is 11.3. The molecule has 0 aliphatic heterocycles. The maximum absolute atomic E-state index is 9.08. The molecular weight excluding hydrogens is 234 g/mol. The molecule has 2 rings (SSSR count). The van der Waals surface area contributed by atoms with Gasteiger partial charge >= 0.3 is 0 Å². The minimum absolute atomic E-state index is 0.599. The number of rotatable bonds is 2. The van der Waals surface area contributed by atoms with Crippen molar-refractivity contribution < 1.29 is 0 Å². The van der Waals surface area contributed by atoms with Crippen LogP contribution < -0.4 is 0 Å². The monoisotopic (exact) mass is 243 g/mol. The van der Waals surface area contributed by atoms with Crippen LogP contribution in [0.5, 0.6) is 0 Å². The summed E-state index contributed by atoms with van der Waals surface area (Å²) < 4.78 is 0. The van der Waals surface area contributed by atoms with Gasteiger partial charge in [-0.25, -0.2) is 0 Å². The van der Waals surface area contributed by atoms with Crippen LogP contribution in [0.1, 0.15) is 11.3 Å². The highest BCUT2D eigenvalue weighted by Gasteiger charge is 2.08.